The number of hydrogen-bond acceptors (Lipinski definition) is 8. The lowest BCUT2D eigenvalue weighted by molar-refractivity contribution is 0.147. The van der Waals surface area contributed by atoms with Crippen LogP contribution in [-0.2, 0) is 4.74 Å². The average Bonchev–Trinajstić information content (AvgIpc) is 2.48. The molecule has 0 saturated carbocycles. The number of ether oxygens (including phenoxy) is 1. The van der Waals surface area contributed by atoms with Crippen molar-refractivity contribution in [1.82, 2.24) is 15.0 Å². The summed E-state index contributed by atoms with van der Waals surface area (Å²) in [5, 5.41) is 3.16. The highest BCUT2D eigenvalue weighted by atomic mass is 16.5. The highest BCUT2D eigenvalue weighted by Gasteiger charge is 2.10. The first-order chi connectivity index (χ1) is 9.74. The third-order valence-electron chi connectivity index (χ3n) is 2.75. The highest BCUT2D eigenvalue weighted by Crippen LogP contribution is 2.12. The van der Waals surface area contributed by atoms with Gasteiger partial charge in [0.25, 0.3) is 0 Å². The van der Waals surface area contributed by atoms with Gasteiger partial charge in [-0.15, -0.1) is 0 Å². The maximum atomic E-state index is 5.40. The zero-order valence-electron chi connectivity index (χ0n) is 12.5. The van der Waals surface area contributed by atoms with Crippen LogP contribution in [0.15, 0.2) is 0 Å². The van der Waals surface area contributed by atoms with Crippen molar-refractivity contribution < 1.29 is 4.74 Å². The molecule has 1 aromatic rings. The number of rotatable bonds is 10. The van der Waals surface area contributed by atoms with Gasteiger partial charge in [-0.25, -0.2) is 5.84 Å². The van der Waals surface area contributed by atoms with Crippen LogP contribution in [0.2, 0.25) is 0 Å². The molecule has 0 bridgehead atoms. The summed E-state index contributed by atoms with van der Waals surface area (Å²) >= 11 is 0. The molecule has 0 atom stereocenters. The van der Waals surface area contributed by atoms with Gasteiger partial charge in [-0.05, 0) is 27.2 Å². The summed E-state index contributed by atoms with van der Waals surface area (Å²) in [5.41, 5.74) is 2.47. The quantitative estimate of drug-likeness (QED) is 0.330. The van der Waals surface area contributed by atoms with Gasteiger partial charge < -0.3 is 15.0 Å². The third-order valence-corrected chi connectivity index (χ3v) is 2.75. The van der Waals surface area contributed by atoms with E-state index in [1.165, 1.54) is 0 Å². The molecule has 4 N–H and O–H groups in total. The smallest absolute Gasteiger partial charge is 0.243 e. The summed E-state index contributed by atoms with van der Waals surface area (Å²) in [6, 6.07) is 0. The molecule has 0 aliphatic rings. The maximum absolute atomic E-state index is 5.40. The number of aromatic nitrogens is 3. The van der Waals surface area contributed by atoms with Gasteiger partial charge in [-0.1, -0.05) is 0 Å². The lowest BCUT2D eigenvalue weighted by atomic mass is 10.4. The molecule has 0 aromatic carbocycles. The van der Waals surface area contributed by atoms with Gasteiger partial charge in [0.1, 0.15) is 0 Å². The Hall–Kier alpha value is -1.67. The van der Waals surface area contributed by atoms with E-state index in [-0.39, 0.29) is 0 Å². The molecule has 114 valence electrons. The normalized spacial score (nSPS) is 10.4. The Bertz CT molecular complexity index is 384. The largest absolute Gasteiger partial charge is 0.382 e. The zero-order chi connectivity index (χ0) is 14.8. The molecule has 8 nitrogen and oxygen atoms in total. The van der Waals surface area contributed by atoms with Crippen LogP contribution in [0.3, 0.4) is 0 Å². The molecule has 0 amide bonds. The van der Waals surface area contributed by atoms with E-state index < -0.39 is 0 Å². The molecular formula is C12H25N7O. The van der Waals surface area contributed by atoms with Gasteiger partial charge >= 0.3 is 0 Å². The number of nitrogen functional groups attached to an aromatic ring is 1. The first-order valence-electron chi connectivity index (χ1n) is 7.04. The van der Waals surface area contributed by atoms with Crippen LogP contribution in [0.25, 0.3) is 0 Å². The van der Waals surface area contributed by atoms with Crippen LogP contribution < -0.4 is 21.5 Å². The highest BCUT2D eigenvalue weighted by molar-refractivity contribution is 5.43. The molecule has 1 heterocycles. The number of nitrogens with one attached hydrogen (secondary N) is 2. The van der Waals surface area contributed by atoms with Crippen molar-refractivity contribution in [3.8, 4) is 0 Å². The van der Waals surface area contributed by atoms with Crippen LogP contribution in [0, 0.1) is 0 Å². The standard InChI is InChI=1S/C12H25N7O/c1-4-19(5-2)12-16-10(15-11(17-12)18-13)14-8-7-9-20-6-3/h4-9,13H2,1-3H3,(H2,14,15,16,17,18). The van der Waals surface area contributed by atoms with Crippen LogP contribution in [0.4, 0.5) is 17.8 Å². The Morgan fingerprint density at radius 1 is 1.10 bits per heavy atom. The summed E-state index contributed by atoms with van der Waals surface area (Å²) in [6.45, 7) is 9.94. The predicted octanol–water partition coefficient (Wildman–Crippen LogP) is 0.842. The van der Waals surface area contributed by atoms with Gasteiger partial charge in [-0.3, -0.25) is 5.43 Å². The van der Waals surface area contributed by atoms with Crippen molar-refractivity contribution in [2.24, 2.45) is 5.84 Å². The third kappa shape index (κ3) is 5.14. The van der Waals surface area contributed by atoms with E-state index in [9.17, 15) is 0 Å². The Morgan fingerprint density at radius 3 is 2.40 bits per heavy atom. The van der Waals surface area contributed by atoms with E-state index in [1.807, 2.05) is 11.8 Å². The van der Waals surface area contributed by atoms with E-state index >= 15 is 0 Å². The van der Waals surface area contributed by atoms with Crippen LogP contribution in [0.5, 0.6) is 0 Å². The topological polar surface area (TPSA) is 101 Å². The van der Waals surface area contributed by atoms with E-state index in [0.29, 0.717) is 17.8 Å². The Balaban J connectivity index is 2.67. The van der Waals surface area contributed by atoms with Crippen LogP contribution >= 0.6 is 0 Å². The van der Waals surface area contributed by atoms with E-state index in [0.717, 1.165) is 39.3 Å². The van der Waals surface area contributed by atoms with Gasteiger partial charge in [0, 0.05) is 32.8 Å². The fraction of sp³-hybridized carbons (Fsp3) is 0.750. The second-order valence-corrected chi connectivity index (χ2v) is 4.08. The second-order valence-electron chi connectivity index (χ2n) is 4.08. The summed E-state index contributed by atoms with van der Waals surface area (Å²) < 4.78 is 5.28. The molecule has 20 heavy (non-hydrogen) atoms. The molecule has 0 aliphatic heterocycles. The van der Waals surface area contributed by atoms with Crippen LogP contribution in [0.1, 0.15) is 27.2 Å². The Kier molecular flexibility index (Phi) is 7.59. The fourth-order valence-electron chi connectivity index (χ4n) is 1.67. The number of nitrogens with zero attached hydrogens (tertiary/aromatic N) is 4. The van der Waals surface area contributed by atoms with Crippen molar-refractivity contribution in [2.75, 3.05) is 48.5 Å². The summed E-state index contributed by atoms with van der Waals surface area (Å²) in [5.74, 6) is 6.89. The monoisotopic (exact) mass is 283 g/mol. The predicted molar refractivity (Wildman–Crippen MR) is 80.8 cm³/mol. The zero-order valence-corrected chi connectivity index (χ0v) is 12.5. The average molecular weight is 283 g/mol. The van der Waals surface area contributed by atoms with Crippen molar-refractivity contribution in [3.05, 3.63) is 0 Å². The molecule has 1 aromatic heterocycles. The van der Waals surface area contributed by atoms with Gasteiger partial charge in [0.15, 0.2) is 0 Å². The minimum Gasteiger partial charge on any atom is -0.382 e. The van der Waals surface area contributed by atoms with Crippen molar-refractivity contribution in [3.63, 3.8) is 0 Å². The SMILES string of the molecule is CCOCCCNc1nc(NN)nc(N(CC)CC)n1. The van der Waals surface area contributed by atoms with Gasteiger partial charge in [-0.2, -0.15) is 15.0 Å². The Labute approximate surface area is 120 Å². The minimum atomic E-state index is 0.356. The molecule has 0 spiro atoms. The lowest BCUT2D eigenvalue weighted by Crippen LogP contribution is -2.26. The fourth-order valence-corrected chi connectivity index (χ4v) is 1.67. The van der Waals surface area contributed by atoms with E-state index in [2.05, 4.69) is 39.5 Å². The van der Waals surface area contributed by atoms with Gasteiger partial charge in [0.2, 0.25) is 17.8 Å². The lowest BCUT2D eigenvalue weighted by Gasteiger charge is -2.19. The van der Waals surface area contributed by atoms with Gasteiger partial charge in [0.05, 0.1) is 0 Å². The van der Waals surface area contributed by atoms with E-state index in [4.69, 9.17) is 10.6 Å². The van der Waals surface area contributed by atoms with Crippen molar-refractivity contribution in [1.29, 1.82) is 0 Å². The number of hydrazine groups is 1. The van der Waals surface area contributed by atoms with Crippen molar-refractivity contribution >= 4 is 17.8 Å². The first kappa shape index (κ1) is 16.4. The molecule has 0 aliphatic carbocycles. The molecule has 0 unspecified atom stereocenters. The number of hydrogen-bond donors (Lipinski definition) is 3. The molecule has 0 saturated heterocycles. The summed E-state index contributed by atoms with van der Waals surface area (Å²) in [4.78, 5) is 14.9. The minimum absolute atomic E-state index is 0.356. The number of nitrogens with two attached hydrogens (primary N) is 1. The van der Waals surface area contributed by atoms with Crippen molar-refractivity contribution in [2.45, 2.75) is 27.2 Å². The molecule has 0 fully saturated rings. The molecular weight excluding hydrogens is 258 g/mol. The second kappa shape index (κ2) is 9.27. The maximum Gasteiger partial charge on any atom is 0.243 e. The molecule has 8 heteroatoms. The summed E-state index contributed by atoms with van der Waals surface area (Å²) in [6.07, 6.45) is 0.894. The van der Waals surface area contributed by atoms with E-state index in [1.54, 1.807) is 0 Å². The summed E-state index contributed by atoms with van der Waals surface area (Å²) in [7, 11) is 0. The first-order valence-corrected chi connectivity index (χ1v) is 7.04. The number of anilines is 3. The Morgan fingerprint density at radius 2 is 1.80 bits per heavy atom. The van der Waals surface area contributed by atoms with Crippen LogP contribution in [-0.4, -0.2) is 47.8 Å². The molecule has 0 radical (unpaired) electrons. The molecule has 1 rings (SSSR count).